The van der Waals surface area contributed by atoms with Crippen molar-refractivity contribution in [3.05, 3.63) is 77.5 Å². The Balaban J connectivity index is 1.22. The van der Waals surface area contributed by atoms with Crippen molar-refractivity contribution >= 4 is 43.5 Å². The summed E-state index contributed by atoms with van der Waals surface area (Å²) < 4.78 is 16.3. The lowest BCUT2D eigenvalue weighted by atomic mass is 9.48. The van der Waals surface area contributed by atoms with Gasteiger partial charge in [-0.1, -0.05) is 57.2 Å². The van der Waals surface area contributed by atoms with Gasteiger partial charge in [0.2, 0.25) is 5.69 Å². The van der Waals surface area contributed by atoms with Crippen LogP contribution in [0.1, 0.15) is 76.0 Å². The molecule has 0 unspecified atom stereocenters. The van der Waals surface area contributed by atoms with Crippen LogP contribution in [0.5, 0.6) is 11.5 Å². The van der Waals surface area contributed by atoms with Crippen LogP contribution in [0.15, 0.2) is 65.2 Å². The van der Waals surface area contributed by atoms with Crippen LogP contribution >= 0.6 is 0 Å². The Bertz CT molecular complexity index is 2230. The van der Waals surface area contributed by atoms with Gasteiger partial charge in [-0.2, -0.15) is 0 Å². The largest absolute Gasteiger partial charge is 0.455 e. The molecule has 45 heavy (non-hydrogen) atoms. The number of benzene rings is 4. The van der Waals surface area contributed by atoms with E-state index in [2.05, 4.69) is 100 Å². The van der Waals surface area contributed by atoms with Crippen LogP contribution in [0, 0.1) is 30.1 Å². The third-order valence-corrected chi connectivity index (χ3v) is 12.2. The van der Waals surface area contributed by atoms with E-state index < -0.39 is 0 Å². The maximum atomic E-state index is 7.13. The molecule has 226 valence electrons. The van der Waals surface area contributed by atoms with Crippen molar-refractivity contribution in [2.24, 2.45) is 30.2 Å². The average Bonchev–Trinajstić information content (AvgIpc) is 3.37. The molecule has 1 aliphatic heterocycles. The van der Waals surface area contributed by atoms with E-state index in [9.17, 15) is 0 Å². The Morgan fingerprint density at radius 3 is 2.24 bits per heavy atom. The van der Waals surface area contributed by atoms with Gasteiger partial charge in [-0.25, -0.2) is 4.57 Å². The van der Waals surface area contributed by atoms with Crippen LogP contribution in [0.25, 0.3) is 54.7 Å². The predicted molar refractivity (Wildman–Crippen MR) is 183 cm³/mol. The highest BCUT2D eigenvalue weighted by Gasteiger charge is 2.51. The van der Waals surface area contributed by atoms with Crippen molar-refractivity contribution in [3.8, 4) is 22.8 Å². The molecule has 0 amide bonds. The first kappa shape index (κ1) is 26.4. The van der Waals surface area contributed by atoms with Gasteiger partial charge >= 0.3 is 0 Å². The summed E-state index contributed by atoms with van der Waals surface area (Å²) in [7, 11) is 2.17. The molecule has 0 N–H and O–H groups in total. The van der Waals surface area contributed by atoms with Crippen LogP contribution in [-0.2, 0) is 18.9 Å². The van der Waals surface area contributed by atoms with Crippen molar-refractivity contribution < 1.29 is 13.7 Å². The highest BCUT2D eigenvalue weighted by molar-refractivity contribution is 6.20. The van der Waals surface area contributed by atoms with Crippen molar-refractivity contribution in [3.63, 3.8) is 0 Å². The molecule has 0 spiro atoms. The van der Waals surface area contributed by atoms with Crippen LogP contribution < -0.4 is 9.30 Å². The Morgan fingerprint density at radius 2 is 1.53 bits per heavy atom. The number of pyridine rings is 1. The first-order valence-corrected chi connectivity index (χ1v) is 17.2. The molecule has 3 nitrogen and oxygen atoms in total. The standard InChI is InChI=1S/C42H42NO2/c1-23-28-8-6-7-9-29(28)33(22-41(2,3)4)40-36(23)38-37-31(12-13-43(38)5)39-32(18-35(37)45-40)30-11-10-27(17-34(30)44-39)42-19-24-14-25(20-42)16-26(15-24)21-42/h6-13,17-18,24-26H,14-16,19-22H2,1-5H3/q+1. The third-order valence-electron chi connectivity index (χ3n) is 12.2. The average molecular weight is 593 g/mol. The lowest BCUT2D eigenvalue weighted by molar-refractivity contribution is -0.659. The summed E-state index contributed by atoms with van der Waals surface area (Å²) in [6.45, 7) is 9.24. The number of nitrogens with zero attached hydrogens (tertiary/aromatic N) is 1. The fourth-order valence-electron chi connectivity index (χ4n) is 10.8. The van der Waals surface area contributed by atoms with E-state index in [-0.39, 0.29) is 5.41 Å². The minimum absolute atomic E-state index is 0.114. The molecule has 5 aliphatic rings. The van der Waals surface area contributed by atoms with Gasteiger partial charge in [-0.3, -0.25) is 0 Å². The van der Waals surface area contributed by atoms with Crippen LogP contribution in [0.3, 0.4) is 0 Å². The van der Waals surface area contributed by atoms with Crippen LogP contribution in [0.4, 0.5) is 0 Å². The predicted octanol–water partition coefficient (Wildman–Crippen LogP) is 10.9. The molecule has 2 aromatic heterocycles. The van der Waals surface area contributed by atoms with Crippen molar-refractivity contribution in [1.29, 1.82) is 0 Å². The summed E-state index contributed by atoms with van der Waals surface area (Å²) in [4.78, 5) is 0. The lowest BCUT2D eigenvalue weighted by Gasteiger charge is -2.57. The van der Waals surface area contributed by atoms with Crippen LogP contribution in [-0.4, -0.2) is 0 Å². The summed E-state index contributed by atoms with van der Waals surface area (Å²) in [5.41, 5.74) is 9.01. The van der Waals surface area contributed by atoms with E-state index in [1.54, 1.807) is 0 Å². The maximum Gasteiger partial charge on any atom is 0.228 e. The third kappa shape index (κ3) is 3.61. The second-order valence-electron chi connectivity index (χ2n) is 16.5. The van der Waals surface area contributed by atoms with Gasteiger partial charge in [0, 0.05) is 27.8 Å². The number of aryl methyl sites for hydroxylation is 2. The Labute approximate surface area is 265 Å². The molecule has 4 bridgehead atoms. The topological polar surface area (TPSA) is 26.2 Å². The van der Waals surface area contributed by atoms with Gasteiger partial charge in [-0.05, 0) is 114 Å². The molecule has 0 atom stereocenters. The Kier molecular flexibility index (Phi) is 5.09. The molecule has 11 rings (SSSR count). The zero-order valence-corrected chi connectivity index (χ0v) is 27.2. The Morgan fingerprint density at radius 1 is 0.822 bits per heavy atom. The first-order chi connectivity index (χ1) is 21.7. The van der Waals surface area contributed by atoms with E-state index in [1.807, 2.05) is 0 Å². The van der Waals surface area contributed by atoms with E-state index in [1.165, 1.54) is 82.6 Å². The fourth-order valence-corrected chi connectivity index (χ4v) is 10.8. The van der Waals surface area contributed by atoms with Gasteiger partial charge in [0.05, 0.1) is 5.56 Å². The van der Waals surface area contributed by atoms with E-state index in [4.69, 9.17) is 9.15 Å². The quantitative estimate of drug-likeness (QED) is 0.187. The summed E-state index contributed by atoms with van der Waals surface area (Å²) in [6.07, 6.45) is 11.7. The maximum absolute atomic E-state index is 7.13. The summed E-state index contributed by atoms with van der Waals surface area (Å²) in [5, 5.41) is 7.25. The molecular formula is C42H42NO2+. The van der Waals surface area contributed by atoms with Gasteiger partial charge in [0.1, 0.15) is 35.1 Å². The van der Waals surface area contributed by atoms with Crippen LogP contribution in [0.2, 0.25) is 0 Å². The number of hydrogen-bond donors (Lipinski definition) is 0. The molecule has 4 saturated carbocycles. The van der Waals surface area contributed by atoms with E-state index >= 15 is 0 Å². The Hall–Kier alpha value is -3.85. The molecule has 6 aromatic rings. The van der Waals surface area contributed by atoms with Gasteiger partial charge in [0.25, 0.3) is 0 Å². The number of hydrogen-bond acceptors (Lipinski definition) is 2. The fraction of sp³-hybridized carbons (Fsp3) is 0.405. The van der Waals surface area contributed by atoms with Gasteiger partial charge in [0.15, 0.2) is 6.20 Å². The summed E-state index contributed by atoms with van der Waals surface area (Å²) in [5.74, 6) is 4.74. The molecule has 4 aromatic carbocycles. The van der Waals surface area contributed by atoms with Gasteiger partial charge < -0.3 is 9.15 Å². The minimum Gasteiger partial charge on any atom is -0.455 e. The van der Waals surface area contributed by atoms with E-state index in [0.29, 0.717) is 5.41 Å². The van der Waals surface area contributed by atoms with Crippen molar-refractivity contribution in [2.45, 2.75) is 78.1 Å². The normalized spacial score (nSPS) is 25.0. The second-order valence-corrected chi connectivity index (χ2v) is 16.5. The minimum atomic E-state index is 0.114. The SMILES string of the molecule is Cc1c2c(c(CC(C)(C)C)c3ccccc13)Oc1cc3c4ccc(C56CC7CC(CC(C7)C5)C6)cc4oc3c3cc[n+](C)c-2c13. The van der Waals surface area contributed by atoms with E-state index in [0.717, 1.165) is 63.0 Å². The first-order valence-electron chi connectivity index (χ1n) is 17.2. The second kappa shape index (κ2) is 8.69. The number of aromatic nitrogens is 1. The monoisotopic (exact) mass is 592 g/mol. The molecule has 3 heterocycles. The molecular weight excluding hydrogens is 550 g/mol. The van der Waals surface area contributed by atoms with Gasteiger partial charge in [-0.15, -0.1) is 0 Å². The highest BCUT2D eigenvalue weighted by Crippen LogP contribution is 2.61. The summed E-state index contributed by atoms with van der Waals surface area (Å²) in [6, 6.07) is 20.6. The molecule has 3 heteroatoms. The number of rotatable bonds is 2. The van der Waals surface area contributed by atoms with Crippen molar-refractivity contribution in [1.82, 2.24) is 0 Å². The molecule has 0 radical (unpaired) electrons. The smallest absolute Gasteiger partial charge is 0.228 e. The molecule has 4 fully saturated rings. The van der Waals surface area contributed by atoms with Crippen molar-refractivity contribution in [2.75, 3.05) is 0 Å². The number of fused-ring (bicyclic) bond motifs is 7. The number of ether oxygens (including phenoxy) is 1. The molecule has 4 aliphatic carbocycles. The summed E-state index contributed by atoms with van der Waals surface area (Å²) >= 11 is 0. The zero-order valence-electron chi connectivity index (χ0n) is 27.2. The number of furan rings is 1. The molecule has 0 saturated heterocycles. The lowest BCUT2D eigenvalue weighted by Crippen LogP contribution is -2.48. The zero-order chi connectivity index (χ0) is 30.4. The highest BCUT2D eigenvalue weighted by atomic mass is 16.5.